The Hall–Kier alpha value is -0.0500. The molecule has 0 bridgehead atoms. The summed E-state index contributed by atoms with van der Waals surface area (Å²) in [5.74, 6) is 0.513. The molecule has 1 atom stereocenters. The van der Waals surface area contributed by atoms with E-state index in [1.807, 2.05) is 11.9 Å². The molecular formula is C14H26BrNO. The minimum Gasteiger partial charge on any atom is -0.340 e. The summed E-state index contributed by atoms with van der Waals surface area (Å²) in [5.41, 5.74) is 0.0522. The van der Waals surface area contributed by atoms with Gasteiger partial charge in [-0.05, 0) is 32.1 Å². The first-order valence-electron chi connectivity index (χ1n) is 6.56. The fourth-order valence-corrected chi connectivity index (χ4v) is 2.95. The second-order valence-electron chi connectivity index (χ2n) is 6.63. The average molecular weight is 304 g/mol. The highest BCUT2D eigenvalue weighted by atomic mass is 79.9. The summed E-state index contributed by atoms with van der Waals surface area (Å²) in [6, 6.07) is 0. The maximum atomic E-state index is 12.6. The summed E-state index contributed by atoms with van der Waals surface area (Å²) in [5, 5.41) is 0.815. The van der Waals surface area contributed by atoms with Gasteiger partial charge in [-0.25, -0.2) is 0 Å². The Morgan fingerprint density at radius 3 is 2.47 bits per heavy atom. The van der Waals surface area contributed by atoms with Gasteiger partial charge in [-0.15, -0.1) is 0 Å². The van der Waals surface area contributed by atoms with Crippen molar-refractivity contribution in [2.45, 2.75) is 58.9 Å². The Bertz CT molecular complexity index is 286. The summed E-state index contributed by atoms with van der Waals surface area (Å²) < 4.78 is 0. The van der Waals surface area contributed by atoms with Gasteiger partial charge in [-0.3, -0.25) is 4.79 Å². The van der Waals surface area contributed by atoms with E-state index in [9.17, 15) is 4.79 Å². The molecule has 1 saturated carbocycles. The molecule has 0 aromatic carbocycles. The predicted molar refractivity (Wildman–Crippen MR) is 76.4 cm³/mol. The van der Waals surface area contributed by atoms with E-state index < -0.39 is 0 Å². The van der Waals surface area contributed by atoms with Gasteiger partial charge < -0.3 is 4.90 Å². The molecule has 0 aromatic heterocycles. The van der Waals surface area contributed by atoms with Crippen LogP contribution in [0, 0.1) is 11.3 Å². The molecule has 0 spiro atoms. The van der Waals surface area contributed by atoms with Crippen LogP contribution in [0.15, 0.2) is 0 Å². The van der Waals surface area contributed by atoms with Gasteiger partial charge in [-0.2, -0.15) is 0 Å². The number of alkyl halides is 1. The van der Waals surface area contributed by atoms with Gasteiger partial charge in [0, 0.05) is 23.8 Å². The van der Waals surface area contributed by atoms with Gasteiger partial charge in [0.05, 0.1) is 0 Å². The van der Waals surface area contributed by atoms with Crippen LogP contribution in [-0.2, 0) is 4.79 Å². The van der Waals surface area contributed by atoms with E-state index in [1.54, 1.807) is 0 Å². The van der Waals surface area contributed by atoms with Gasteiger partial charge >= 0.3 is 0 Å². The second-order valence-corrected chi connectivity index (χ2v) is 7.19. The minimum absolute atomic E-state index is 0.107. The molecule has 0 saturated heterocycles. The number of carbonyl (C=O) groups excluding carboxylic acids is 1. The molecule has 0 radical (unpaired) electrons. The average Bonchev–Trinajstić information content (AvgIpc) is 2.26. The SMILES string of the molecule is CN(C(=O)C1CCCCC1(C)C)C(C)(C)CBr. The number of hydrogen-bond donors (Lipinski definition) is 0. The molecule has 1 rings (SSSR count). The van der Waals surface area contributed by atoms with E-state index in [0.717, 1.165) is 11.8 Å². The molecule has 0 heterocycles. The van der Waals surface area contributed by atoms with E-state index in [1.165, 1.54) is 19.3 Å². The highest BCUT2D eigenvalue weighted by Gasteiger charge is 2.41. The van der Waals surface area contributed by atoms with Crippen LogP contribution in [0.5, 0.6) is 0 Å². The van der Waals surface area contributed by atoms with Crippen molar-refractivity contribution in [1.82, 2.24) is 4.90 Å². The van der Waals surface area contributed by atoms with Gasteiger partial charge in [0.15, 0.2) is 0 Å². The fraction of sp³-hybridized carbons (Fsp3) is 0.929. The molecule has 2 nitrogen and oxygen atoms in total. The maximum Gasteiger partial charge on any atom is 0.226 e. The smallest absolute Gasteiger partial charge is 0.226 e. The van der Waals surface area contributed by atoms with Crippen molar-refractivity contribution in [2.75, 3.05) is 12.4 Å². The molecule has 0 aliphatic heterocycles. The topological polar surface area (TPSA) is 20.3 Å². The van der Waals surface area contributed by atoms with Crippen LogP contribution in [0.2, 0.25) is 0 Å². The summed E-state index contributed by atoms with van der Waals surface area (Å²) in [7, 11) is 1.94. The molecule has 100 valence electrons. The molecule has 17 heavy (non-hydrogen) atoms. The normalized spacial score (nSPS) is 24.5. The molecule has 1 aliphatic rings. The third-order valence-corrected chi connectivity index (χ3v) is 5.74. The lowest BCUT2D eigenvalue weighted by atomic mass is 9.68. The summed E-state index contributed by atoms with van der Waals surface area (Å²) in [6.07, 6.45) is 4.69. The van der Waals surface area contributed by atoms with Crippen molar-refractivity contribution in [3.63, 3.8) is 0 Å². The van der Waals surface area contributed by atoms with Crippen LogP contribution in [0.4, 0.5) is 0 Å². The van der Waals surface area contributed by atoms with Crippen LogP contribution in [0.3, 0.4) is 0 Å². The molecule has 1 unspecified atom stereocenters. The number of nitrogens with zero attached hydrogens (tertiary/aromatic N) is 1. The Balaban J connectivity index is 2.82. The Morgan fingerprint density at radius 1 is 1.41 bits per heavy atom. The molecule has 0 aromatic rings. The quantitative estimate of drug-likeness (QED) is 0.726. The molecule has 1 fully saturated rings. The standard InChI is InChI=1S/C14H26BrNO/c1-13(2)9-7-6-8-11(13)12(17)16(5)14(3,4)10-15/h11H,6-10H2,1-5H3. The van der Waals surface area contributed by atoms with Gasteiger partial charge in [-0.1, -0.05) is 42.6 Å². The van der Waals surface area contributed by atoms with Gasteiger partial charge in [0.2, 0.25) is 5.91 Å². The van der Waals surface area contributed by atoms with Crippen molar-refractivity contribution in [3.05, 3.63) is 0 Å². The highest BCUT2D eigenvalue weighted by Crippen LogP contribution is 2.42. The molecular weight excluding hydrogens is 278 g/mol. The van der Waals surface area contributed by atoms with E-state index in [0.29, 0.717) is 5.91 Å². The number of rotatable bonds is 3. The van der Waals surface area contributed by atoms with Crippen LogP contribution in [0.1, 0.15) is 53.4 Å². The van der Waals surface area contributed by atoms with Crippen LogP contribution < -0.4 is 0 Å². The Kier molecular flexibility index (Phi) is 4.67. The number of halogens is 1. The monoisotopic (exact) mass is 303 g/mol. The second kappa shape index (κ2) is 5.29. The molecule has 1 amide bonds. The summed E-state index contributed by atoms with van der Waals surface area (Å²) in [6.45, 7) is 8.69. The summed E-state index contributed by atoms with van der Waals surface area (Å²) >= 11 is 3.50. The lowest BCUT2D eigenvalue weighted by molar-refractivity contribution is -0.144. The molecule has 3 heteroatoms. The lowest BCUT2D eigenvalue weighted by Gasteiger charge is -2.43. The van der Waals surface area contributed by atoms with E-state index >= 15 is 0 Å². The van der Waals surface area contributed by atoms with Crippen LogP contribution >= 0.6 is 15.9 Å². The van der Waals surface area contributed by atoms with E-state index in [-0.39, 0.29) is 16.9 Å². The third kappa shape index (κ3) is 3.24. The van der Waals surface area contributed by atoms with Crippen molar-refractivity contribution >= 4 is 21.8 Å². The van der Waals surface area contributed by atoms with Crippen molar-refractivity contribution in [2.24, 2.45) is 11.3 Å². The first-order valence-corrected chi connectivity index (χ1v) is 7.68. The molecule has 1 aliphatic carbocycles. The first kappa shape index (κ1) is 15.0. The minimum atomic E-state index is -0.107. The number of carbonyl (C=O) groups is 1. The number of hydrogen-bond acceptors (Lipinski definition) is 1. The Labute approximate surface area is 114 Å². The largest absolute Gasteiger partial charge is 0.340 e. The highest BCUT2D eigenvalue weighted by molar-refractivity contribution is 9.09. The predicted octanol–water partition coefficient (Wildman–Crippen LogP) is 3.83. The van der Waals surface area contributed by atoms with E-state index in [2.05, 4.69) is 43.6 Å². The van der Waals surface area contributed by atoms with E-state index in [4.69, 9.17) is 0 Å². The molecule has 0 N–H and O–H groups in total. The zero-order chi connectivity index (χ0) is 13.3. The van der Waals surface area contributed by atoms with Crippen LogP contribution in [0.25, 0.3) is 0 Å². The Morgan fingerprint density at radius 2 is 2.00 bits per heavy atom. The fourth-order valence-electron chi connectivity index (χ4n) is 2.57. The first-order chi connectivity index (χ1) is 7.72. The zero-order valence-electron chi connectivity index (χ0n) is 11.8. The number of amides is 1. The van der Waals surface area contributed by atoms with Crippen molar-refractivity contribution in [1.29, 1.82) is 0 Å². The zero-order valence-corrected chi connectivity index (χ0v) is 13.4. The van der Waals surface area contributed by atoms with Crippen LogP contribution in [-0.4, -0.2) is 28.7 Å². The maximum absolute atomic E-state index is 12.6. The lowest BCUT2D eigenvalue weighted by Crippen LogP contribution is -2.51. The van der Waals surface area contributed by atoms with Crippen molar-refractivity contribution < 1.29 is 4.79 Å². The van der Waals surface area contributed by atoms with Crippen molar-refractivity contribution in [3.8, 4) is 0 Å². The van der Waals surface area contributed by atoms with Gasteiger partial charge in [0.1, 0.15) is 0 Å². The van der Waals surface area contributed by atoms with Gasteiger partial charge in [0.25, 0.3) is 0 Å². The third-order valence-electron chi connectivity index (χ3n) is 4.37. The summed E-state index contributed by atoms with van der Waals surface area (Å²) in [4.78, 5) is 14.6.